The monoisotopic (exact) mass is 220 g/mol. The molecule has 0 radical (unpaired) electrons. The van der Waals surface area contributed by atoms with Gasteiger partial charge in [-0.15, -0.1) is 0 Å². The van der Waals surface area contributed by atoms with Gasteiger partial charge >= 0.3 is 6.03 Å². The Balaban J connectivity index is 3.52. The first kappa shape index (κ1) is 13.6. The number of thioether (sulfide) groups is 1. The van der Waals surface area contributed by atoms with Crippen LogP contribution in [0.3, 0.4) is 0 Å². The molecule has 84 valence electrons. The minimum Gasteiger partial charge on any atom is -0.392 e. The largest absolute Gasteiger partial charge is 0.392 e. The average Bonchev–Trinajstić information content (AvgIpc) is 2.11. The summed E-state index contributed by atoms with van der Waals surface area (Å²) in [6, 6.07) is -0.119. The zero-order valence-electron chi connectivity index (χ0n) is 9.12. The first-order valence-electron chi connectivity index (χ1n) is 4.74. The number of hydrogen-bond acceptors (Lipinski definition) is 3. The molecule has 0 saturated carbocycles. The lowest BCUT2D eigenvalue weighted by Crippen LogP contribution is -2.41. The van der Waals surface area contributed by atoms with E-state index in [0.717, 1.165) is 12.2 Å². The Morgan fingerprint density at radius 2 is 2.29 bits per heavy atom. The minimum absolute atomic E-state index is 0.119. The highest BCUT2D eigenvalue weighted by Gasteiger charge is 2.09. The second-order valence-corrected chi connectivity index (χ2v) is 4.29. The summed E-state index contributed by atoms with van der Waals surface area (Å²) in [7, 11) is 1.68. The molecule has 1 unspecified atom stereocenters. The maximum absolute atomic E-state index is 11.3. The molecule has 0 aromatic heterocycles. The van der Waals surface area contributed by atoms with Crippen molar-refractivity contribution in [3.8, 4) is 0 Å². The second kappa shape index (κ2) is 7.94. The zero-order valence-corrected chi connectivity index (χ0v) is 9.93. The highest BCUT2D eigenvalue weighted by Crippen LogP contribution is 1.94. The molecular formula is C9H20N2O2S. The molecule has 1 atom stereocenters. The fourth-order valence-electron chi connectivity index (χ4n) is 1.03. The van der Waals surface area contributed by atoms with Gasteiger partial charge in [-0.2, -0.15) is 11.8 Å². The van der Waals surface area contributed by atoms with E-state index in [0.29, 0.717) is 13.1 Å². The predicted octanol–water partition coefficient (Wildman–Crippen LogP) is 0.762. The van der Waals surface area contributed by atoms with Crippen molar-refractivity contribution in [3.63, 3.8) is 0 Å². The Hall–Kier alpha value is -0.420. The van der Waals surface area contributed by atoms with Crippen LogP contribution >= 0.6 is 11.8 Å². The number of aliphatic hydroxyl groups excluding tert-OH is 1. The van der Waals surface area contributed by atoms with Crippen molar-refractivity contribution >= 4 is 17.8 Å². The van der Waals surface area contributed by atoms with Crippen molar-refractivity contribution in [2.75, 3.05) is 32.1 Å². The molecule has 2 amide bonds. The fraction of sp³-hybridized carbons (Fsp3) is 0.889. The number of carbonyl (C=O) groups excluding carboxylic acids is 1. The Morgan fingerprint density at radius 3 is 2.79 bits per heavy atom. The van der Waals surface area contributed by atoms with Gasteiger partial charge in [-0.25, -0.2) is 4.79 Å². The number of hydrogen-bond donors (Lipinski definition) is 2. The van der Waals surface area contributed by atoms with Crippen LogP contribution in [0, 0.1) is 0 Å². The van der Waals surface area contributed by atoms with Gasteiger partial charge in [0.05, 0.1) is 6.10 Å². The molecule has 0 bridgehead atoms. The van der Waals surface area contributed by atoms with Crippen LogP contribution in [-0.4, -0.2) is 54.3 Å². The van der Waals surface area contributed by atoms with Crippen LogP contribution < -0.4 is 5.32 Å². The molecular weight excluding hydrogens is 200 g/mol. The van der Waals surface area contributed by atoms with E-state index in [1.165, 1.54) is 4.90 Å². The number of amides is 2. The fourth-order valence-corrected chi connectivity index (χ4v) is 1.46. The van der Waals surface area contributed by atoms with Crippen LogP contribution in [0.25, 0.3) is 0 Å². The van der Waals surface area contributed by atoms with Gasteiger partial charge < -0.3 is 15.3 Å². The Morgan fingerprint density at radius 1 is 1.64 bits per heavy atom. The molecule has 0 heterocycles. The first-order valence-corrected chi connectivity index (χ1v) is 6.13. The van der Waals surface area contributed by atoms with Crippen molar-refractivity contribution in [1.82, 2.24) is 10.2 Å². The molecule has 4 nitrogen and oxygen atoms in total. The number of carbonyl (C=O) groups is 1. The van der Waals surface area contributed by atoms with Crippen molar-refractivity contribution < 1.29 is 9.90 Å². The van der Waals surface area contributed by atoms with Gasteiger partial charge in [0.1, 0.15) is 0 Å². The maximum Gasteiger partial charge on any atom is 0.317 e. The topological polar surface area (TPSA) is 52.6 Å². The van der Waals surface area contributed by atoms with Crippen LogP contribution in [-0.2, 0) is 0 Å². The number of likely N-dealkylation sites (N-methyl/N-ethyl adjacent to an activating group) is 1. The van der Waals surface area contributed by atoms with Gasteiger partial charge in [-0.1, -0.05) is 0 Å². The summed E-state index contributed by atoms with van der Waals surface area (Å²) >= 11 is 1.77. The maximum atomic E-state index is 11.3. The molecule has 0 fully saturated rings. The summed E-state index contributed by atoms with van der Waals surface area (Å²) in [5, 5.41) is 11.8. The van der Waals surface area contributed by atoms with Crippen LogP contribution in [0.15, 0.2) is 0 Å². The molecule has 0 rings (SSSR count). The van der Waals surface area contributed by atoms with E-state index < -0.39 is 6.10 Å². The number of aliphatic hydroxyl groups is 1. The van der Waals surface area contributed by atoms with Gasteiger partial charge in [0, 0.05) is 20.1 Å². The summed E-state index contributed by atoms with van der Waals surface area (Å²) in [5.74, 6) is 1.06. The van der Waals surface area contributed by atoms with E-state index in [1.807, 2.05) is 6.26 Å². The van der Waals surface area contributed by atoms with E-state index in [4.69, 9.17) is 5.11 Å². The number of nitrogens with zero attached hydrogens (tertiary/aromatic N) is 1. The zero-order chi connectivity index (χ0) is 11.0. The predicted molar refractivity (Wildman–Crippen MR) is 60.7 cm³/mol. The van der Waals surface area contributed by atoms with Crippen LogP contribution in [0.2, 0.25) is 0 Å². The number of urea groups is 1. The third-order valence-corrected chi connectivity index (χ3v) is 2.38. The standard InChI is InChI=1S/C9H20N2O2S/c1-8(12)7-11(2)9(13)10-5-4-6-14-3/h8,12H,4-7H2,1-3H3,(H,10,13). The van der Waals surface area contributed by atoms with Gasteiger partial charge in [-0.05, 0) is 25.4 Å². The summed E-state index contributed by atoms with van der Waals surface area (Å²) in [5.41, 5.74) is 0. The van der Waals surface area contributed by atoms with E-state index in [9.17, 15) is 4.79 Å². The van der Waals surface area contributed by atoms with Gasteiger partial charge in [-0.3, -0.25) is 0 Å². The van der Waals surface area contributed by atoms with Crippen LogP contribution in [0.4, 0.5) is 4.79 Å². The first-order chi connectivity index (χ1) is 6.57. The highest BCUT2D eigenvalue weighted by atomic mass is 32.2. The lowest BCUT2D eigenvalue weighted by molar-refractivity contribution is 0.144. The SMILES string of the molecule is CSCCCNC(=O)N(C)CC(C)O. The summed E-state index contributed by atoms with van der Waals surface area (Å²) in [6.07, 6.45) is 2.55. The summed E-state index contributed by atoms with van der Waals surface area (Å²) in [6.45, 7) is 2.73. The van der Waals surface area contributed by atoms with Crippen molar-refractivity contribution in [2.45, 2.75) is 19.4 Å². The summed E-state index contributed by atoms with van der Waals surface area (Å²) < 4.78 is 0. The molecule has 5 heteroatoms. The minimum atomic E-state index is -0.475. The summed E-state index contributed by atoms with van der Waals surface area (Å²) in [4.78, 5) is 12.8. The molecule has 0 spiro atoms. The van der Waals surface area contributed by atoms with Crippen molar-refractivity contribution in [2.24, 2.45) is 0 Å². The van der Waals surface area contributed by atoms with Crippen molar-refractivity contribution in [3.05, 3.63) is 0 Å². The Bertz CT molecular complexity index is 165. The Labute approximate surface area is 90.0 Å². The molecule has 0 aromatic carbocycles. The number of nitrogens with one attached hydrogen (secondary N) is 1. The molecule has 2 N–H and O–H groups in total. The van der Waals surface area contributed by atoms with Crippen LogP contribution in [0.1, 0.15) is 13.3 Å². The Kier molecular flexibility index (Phi) is 7.70. The number of rotatable bonds is 6. The lowest BCUT2D eigenvalue weighted by atomic mass is 10.4. The average molecular weight is 220 g/mol. The molecule has 14 heavy (non-hydrogen) atoms. The third kappa shape index (κ3) is 7.03. The van der Waals surface area contributed by atoms with Gasteiger partial charge in [0.15, 0.2) is 0 Å². The third-order valence-electron chi connectivity index (χ3n) is 1.69. The van der Waals surface area contributed by atoms with Gasteiger partial charge in [0.25, 0.3) is 0 Å². The van der Waals surface area contributed by atoms with E-state index in [2.05, 4.69) is 5.32 Å². The molecule has 0 aliphatic rings. The highest BCUT2D eigenvalue weighted by molar-refractivity contribution is 7.98. The quantitative estimate of drug-likeness (QED) is 0.650. The normalized spacial score (nSPS) is 12.3. The van der Waals surface area contributed by atoms with Crippen LogP contribution in [0.5, 0.6) is 0 Å². The molecule has 0 aliphatic carbocycles. The molecule has 0 saturated heterocycles. The van der Waals surface area contributed by atoms with Crippen molar-refractivity contribution in [1.29, 1.82) is 0 Å². The second-order valence-electron chi connectivity index (χ2n) is 3.31. The van der Waals surface area contributed by atoms with E-state index in [1.54, 1.807) is 25.7 Å². The lowest BCUT2D eigenvalue weighted by Gasteiger charge is -2.19. The van der Waals surface area contributed by atoms with Gasteiger partial charge in [0.2, 0.25) is 0 Å². The molecule has 0 aromatic rings. The van der Waals surface area contributed by atoms with E-state index in [-0.39, 0.29) is 6.03 Å². The molecule has 0 aliphatic heterocycles. The van der Waals surface area contributed by atoms with E-state index >= 15 is 0 Å². The smallest absolute Gasteiger partial charge is 0.317 e.